The standard InChI is InChI=1S/C11H14N2O/c1-8-2-10(7-12-4-8)11(14)3-9-5-13-6-9/h2,4,7,9,13H,3,5-6H2,1H3. The largest absolute Gasteiger partial charge is 0.316 e. The molecule has 1 N–H and O–H groups in total. The number of hydrogen-bond acceptors (Lipinski definition) is 3. The van der Waals surface area contributed by atoms with E-state index in [1.54, 1.807) is 12.4 Å². The second-order valence-corrected chi connectivity index (χ2v) is 3.90. The Hall–Kier alpha value is -1.22. The molecule has 14 heavy (non-hydrogen) atoms. The van der Waals surface area contributed by atoms with Gasteiger partial charge in [-0.2, -0.15) is 0 Å². The van der Waals surface area contributed by atoms with Crippen LogP contribution in [0.3, 0.4) is 0 Å². The normalized spacial score (nSPS) is 16.4. The molecule has 2 rings (SSSR count). The molecule has 1 aliphatic heterocycles. The fourth-order valence-corrected chi connectivity index (χ4v) is 1.58. The molecule has 0 saturated carbocycles. The van der Waals surface area contributed by atoms with E-state index in [4.69, 9.17) is 0 Å². The van der Waals surface area contributed by atoms with Crippen molar-refractivity contribution in [3.63, 3.8) is 0 Å². The van der Waals surface area contributed by atoms with Gasteiger partial charge in [0, 0.05) is 24.4 Å². The van der Waals surface area contributed by atoms with Crippen LogP contribution < -0.4 is 5.32 Å². The predicted molar refractivity (Wildman–Crippen MR) is 54.3 cm³/mol. The highest BCUT2D eigenvalue weighted by molar-refractivity contribution is 5.96. The first-order valence-corrected chi connectivity index (χ1v) is 4.91. The molecule has 0 aromatic carbocycles. The summed E-state index contributed by atoms with van der Waals surface area (Å²) in [4.78, 5) is 15.8. The van der Waals surface area contributed by atoms with E-state index in [9.17, 15) is 4.79 Å². The molecule has 0 amide bonds. The van der Waals surface area contributed by atoms with Gasteiger partial charge in [0.1, 0.15) is 0 Å². The molecule has 0 atom stereocenters. The number of carbonyl (C=O) groups excluding carboxylic acids is 1. The average molecular weight is 190 g/mol. The third-order valence-corrected chi connectivity index (χ3v) is 2.54. The lowest BCUT2D eigenvalue weighted by atomic mass is 9.94. The van der Waals surface area contributed by atoms with Gasteiger partial charge in [0.15, 0.2) is 5.78 Å². The van der Waals surface area contributed by atoms with Gasteiger partial charge >= 0.3 is 0 Å². The minimum Gasteiger partial charge on any atom is -0.316 e. The molecule has 0 aliphatic carbocycles. The Morgan fingerprint density at radius 3 is 2.93 bits per heavy atom. The van der Waals surface area contributed by atoms with E-state index >= 15 is 0 Å². The first-order chi connectivity index (χ1) is 6.75. The second-order valence-electron chi connectivity index (χ2n) is 3.90. The second kappa shape index (κ2) is 3.88. The van der Waals surface area contributed by atoms with Crippen LogP contribution in [0.4, 0.5) is 0 Å². The fraction of sp³-hybridized carbons (Fsp3) is 0.455. The minimum absolute atomic E-state index is 0.215. The van der Waals surface area contributed by atoms with Gasteiger partial charge in [0.2, 0.25) is 0 Å². The zero-order chi connectivity index (χ0) is 9.97. The van der Waals surface area contributed by atoms with Crippen LogP contribution in [0.15, 0.2) is 18.5 Å². The number of nitrogens with one attached hydrogen (secondary N) is 1. The van der Waals surface area contributed by atoms with Gasteiger partial charge in [0.25, 0.3) is 0 Å². The SMILES string of the molecule is Cc1cncc(C(=O)CC2CNC2)c1. The monoisotopic (exact) mass is 190 g/mol. The molecule has 1 fully saturated rings. The van der Waals surface area contributed by atoms with Gasteiger partial charge < -0.3 is 5.32 Å². The zero-order valence-electron chi connectivity index (χ0n) is 8.29. The molecule has 0 spiro atoms. The highest BCUT2D eigenvalue weighted by Gasteiger charge is 2.20. The van der Waals surface area contributed by atoms with Crippen LogP contribution >= 0.6 is 0 Å². The molecule has 0 bridgehead atoms. The number of aryl methyl sites for hydroxylation is 1. The fourth-order valence-electron chi connectivity index (χ4n) is 1.58. The molecule has 1 aliphatic rings. The van der Waals surface area contributed by atoms with Crippen LogP contribution in [0.2, 0.25) is 0 Å². The van der Waals surface area contributed by atoms with E-state index in [0.29, 0.717) is 12.3 Å². The molecule has 1 aromatic heterocycles. The summed E-state index contributed by atoms with van der Waals surface area (Å²) in [6.07, 6.45) is 4.07. The quantitative estimate of drug-likeness (QED) is 0.728. The molecule has 3 nitrogen and oxygen atoms in total. The third-order valence-electron chi connectivity index (χ3n) is 2.54. The van der Waals surface area contributed by atoms with Gasteiger partial charge in [-0.1, -0.05) is 0 Å². The Balaban J connectivity index is 2.02. The van der Waals surface area contributed by atoms with Gasteiger partial charge in [-0.15, -0.1) is 0 Å². The summed E-state index contributed by atoms with van der Waals surface area (Å²) in [7, 11) is 0. The maximum absolute atomic E-state index is 11.7. The molecule has 2 heterocycles. The topological polar surface area (TPSA) is 42.0 Å². The Morgan fingerprint density at radius 1 is 1.57 bits per heavy atom. The number of pyridine rings is 1. The number of carbonyl (C=O) groups is 1. The molecule has 1 saturated heterocycles. The zero-order valence-corrected chi connectivity index (χ0v) is 8.29. The van der Waals surface area contributed by atoms with Gasteiger partial charge in [-0.3, -0.25) is 9.78 Å². The van der Waals surface area contributed by atoms with Crippen LogP contribution in [0, 0.1) is 12.8 Å². The van der Waals surface area contributed by atoms with Crippen molar-refractivity contribution in [1.82, 2.24) is 10.3 Å². The first-order valence-electron chi connectivity index (χ1n) is 4.91. The number of aromatic nitrogens is 1. The van der Waals surface area contributed by atoms with Gasteiger partial charge in [-0.05, 0) is 37.6 Å². The molecule has 3 heteroatoms. The van der Waals surface area contributed by atoms with Gasteiger partial charge in [0.05, 0.1) is 0 Å². The summed E-state index contributed by atoms with van der Waals surface area (Å²) in [5.74, 6) is 0.746. The maximum atomic E-state index is 11.7. The van der Waals surface area contributed by atoms with Crippen molar-refractivity contribution in [2.45, 2.75) is 13.3 Å². The number of ketones is 1. The van der Waals surface area contributed by atoms with Crippen molar-refractivity contribution in [3.8, 4) is 0 Å². The van der Waals surface area contributed by atoms with Crippen LogP contribution in [0.5, 0.6) is 0 Å². The highest BCUT2D eigenvalue weighted by atomic mass is 16.1. The molecular weight excluding hydrogens is 176 g/mol. The molecule has 0 unspecified atom stereocenters. The lowest BCUT2D eigenvalue weighted by Gasteiger charge is -2.26. The van der Waals surface area contributed by atoms with E-state index in [-0.39, 0.29) is 5.78 Å². The van der Waals surface area contributed by atoms with E-state index in [0.717, 1.165) is 24.2 Å². The summed E-state index contributed by atoms with van der Waals surface area (Å²) in [6.45, 7) is 3.91. The van der Waals surface area contributed by atoms with Gasteiger partial charge in [-0.25, -0.2) is 0 Å². The van der Waals surface area contributed by atoms with E-state index < -0.39 is 0 Å². The molecular formula is C11H14N2O. The predicted octanol–water partition coefficient (Wildman–Crippen LogP) is 1.18. The summed E-state index contributed by atoms with van der Waals surface area (Å²) < 4.78 is 0. The summed E-state index contributed by atoms with van der Waals surface area (Å²) >= 11 is 0. The van der Waals surface area contributed by atoms with E-state index in [1.165, 1.54) is 0 Å². The number of nitrogens with zero attached hydrogens (tertiary/aromatic N) is 1. The van der Waals surface area contributed by atoms with Crippen molar-refractivity contribution in [3.05, 3.63) is 29.6 Å². The summed E-state index contributed by atoms with van der Waals surface area (Å²) in [5.41, 5.74) is 1.79. The lowest BCUT2D eigenvalue weighted by Crippen LogP contribution is -2.42. The lowest BCUT2D eigenvalue weighted by molar-refractivity contribution is 0.0945. The van der Waals surface area contributed by atoms with Crippen molar-refractivity contribution >= 4 is 5.78 Å². The highest BCUT2D eigenvalue weighted by Crippen LogP contribution is 2.13. The van der Waals surface area contributed by atoms with E-state index in [1.807, 2.05) is 13.0 Å². The van der Waals surface area contributed by atoms with Crippen LogP contribution in [0.25, 0.3) is 0 Å². The number of Topliss-reactive ketones (excluding diaryl/α,β-unsaturated/α-hetero) is 1. The van der Waals surface area contributed by atoms with Crippen molar-refractivity contribution in [2.75, 3.05) is 13.1 Å². The van der Waals surface area contributed by atoms with Crippen LogP contribution in [-0.4, -0.2) is 23.9 Å². The first kappa shape index (κ1) is 9.34. The Bertz CT molecular complexity index is 345. The minimum atomic E-state index is 0.215. The molecule has 74 valence electrons. The van der Waals surface area contributed by atoms with Crippen LogP contribution in [-0.2, 0) is 0 Å². The summed E-state index contributed by atoms with van der Waals surface area (Å²) in [6, 6.07) is 1.90. The van der Waals surface area contributed by atoms with Crippen LogP contribution in [0.1, 0.15) is 22.3 Å². The Kier molecular flexibility index (Phi) is 2.59. The average Bonchev–Trinajstić information content (AvgIpc) is 2.11. The van der Waals surface area contributed by atoms with Crippen molar-refractivity contribution in [1.29, 1.82) is 0 Å². The molecule has 0 radical (unpaired) electrons. The Morgan fingerprint density at radius 2 is 2.36 bits per heavy atom. The number of hydrogen-bond donors (Lipinski definition) is 1. The summed E-state index contributed by atoms with van der Waals surface area (Å²) in [5, 5.41) is 3.16. The van der Waals surface area contributed by atoms with Crippen molar-refractivity contribution in [2.24, 2.45) is 5.92 Å². The number of rotatable bonds is 3. The Labute approximate surface area is 83.5 Å². The smallest absolute Gasteiger partial charge is 0.164 e. The third kappa shape index (κ3) is 1.99. The van der Waals surface area contributed by atoms with Crippen molar-refractivity contribution < 1.29 is 4.79 Å². The molecule has 1 aromatic rings. The van der Waals surface area contributed by atoms with E-state index in [2.05, 4.69) is 10.3 Å². The maximum Gasteiger partial charge on any atom is 0.164 e.